The number of anilines is 1. The highest BCUT2D eigenvalue weighted by Gasteiger charge is 2.00. The summed E-state index contributed by atoms with van der Waals surface area (Å²) in [4.78, 5) is 0. The molecule has 90 valence electrons. The van der Waals surface area contributed by atoms with E-state index in [1.165, 1.54) is 5.56 Å². The fourth-order valence-corrected chi connectivity index (χ4v) is 1.69. The quantitative estimate of drug-likeness (QED) is 0.857. The monoisotopic (exact) mass is 231 g/mol. The van der Waals surface area contributed by atoms with Gasteiger partial charge in [0.1, 0.15) is 12.4 Å². The largest absolute Gasteiger partial charge is 0.491 e. The van der Waals surface area contributed by atoms with Crippen LogP contribution in [0.25, 0.3) is 0 Å². The molecule has 0 atom stereocenters. The van der Waals surface area contributed by atoms with Crippen LogP contribution >= 0.6 is 0 Å². The standard InChI is InChI=1S/C13H17N3O/c1-2-11-5-3-4-6-13(11)17-8-7-16-10-12(14)9-15-16/h3-6,9-10H,2,7-8,14H2,1H3. The van der Waals surface area contributed by atoms with Crippen molar-refractivity contribution in [1.82, 2.24) is 9.78 Å². The number of nitrogens with two attached hydrogens (primary N) is 1. The average Bonchev–Trinajstić information content (AvgIpc) is 2.76. The molecule has 0 aliphatic rings. The Kier molecular flexibility index (Phi) is 3.65. The zero-order valence-corrected chi connectivity index (χ0v) is 9.97. The number of hydrogen-bond acceptors (Lipinski definition) is 3. The molecule has 1 heterocycles. The van der Waals surface area contributed by atoms with E-state index < -0.39 is 0 Å². The maximum absolute atomic E-state index is 5.74. The Morgan fingerprint density at radius 2 is 2.18 bits per heavy atom. The minimum absolute atomic E-state index is 0.595. The number of nitrogens with zero attached hydrogens (tertiary/aromatic N) is 2. The lowest BCUT2D eigenvalue weighted by Crippen LogP contribution is -2.09. The molecular weight excluding hydrogens is 214 g/mol. The van der Waals surface area contributed by atoms with Crippen molar-refractivity contribution < 1.29 is 4.74 Å². The van der Waals surface area contributed by atoms with Crippen LogP contribution in [0.3, 0.4) is 0 Å². The Hall–Kier alpha value is -1.97. The van der Waals surface area contributed by atoms with Crippen molar-refractivity contribution in [1.29, 1.82) is 0 Å². The first-order valence-corrected chi connectivity index (χ1v) is 5.78. The molecule has 0 amide bonds. The molecule has 1 aromatic heterocycles. The molecule has 0 spiro atoms. The highest BCUT2D eigenvalue weighted by Crippen LogP contribution is 2.18. The summed E-state index contributed by atoms with van der Waals surface area (Å²) in [7, 11) is 0. The molecule has 17 heavy (non-hydrogen) atoms. The van der Waals surface area contributed by atoms with Crippen molar-refractivity contribution in [3.63, 3.8) is 0 Å². The average molecular weight is 231 g/mol. The Balaban J connectivity index is 1.89. The Morgan fingerprint density at radius 1 is 1.35 bits per heavy atom. The minimum atomic E-state index is 0.595. The van der Waals surface area contributed by atoms with Crippen LogP contribution < -0.4 is 10.5 Å². The summed E-state index contributed by atoms with van der Waals surface area (Å²) in [5, 5.41) is 4.10. The molecule has 0 unspecified atom stereocenters. The third kappa shape index (κ3) is 3.00. The van der Waals surface area contributed by atoms with Crippen LogP contribution in [-0.4, -0.2) is 16.4 Å². The lowest BCUT2D eigenvalue weighted by Gasteiger charge is -2.09. The predicted octanol–water partition coefficient (Wildman–Crippen LogP) is 2.11. The van der Waals surface area contributed by atoms with Crippen molar-refractivity contribution in [2.45, 2.75) is 19.9 Å². The van der Waals surface area contributed by atoms with E-state index in [0.717, 1.165) is 12.2 Å². The molecule has 0 fully saturated rings. The van der Waals surface area contributed by atoms with Gasteiger partial charge in [0.25, 0.3) is 0 Å². The first-order valence-electron chi connectivity index (χ1n) is 5.78. The van der Waals surface area contributed by atoms with E-state index in [1.54, 1.807) is 17.1 Å². The van der Waals surface area contributed by atoms with Gasteiger partial charge in [0.2, 0.25) is 0 Å². The predicted molar refractivity (Wildman–Crippen MR) is 68.0 cm³/mol. The van der Waals surface area contributed by atoms with Gasteiger partial charge in [-0.15, -0.1) is 0 Å². The normalized spacial score (nSPS) is 10.4. The number of hydrogen-bond donors (Lipinski definition) is 1. The molecule has 0 bridgehead atoms. The number of ether oxygens (including phenoxy) is 1. The molecule has 2 aromatic rings. The number of nitrogen functional groups attached to an aromatic ring is 1. The number of aromatic nitrogens is 2. The van der Waals surface area contributed by atoms with Gasteiger partial charge in [0, 0.05) is 6.20 Å². The van der Waals surface area contributed by atoms with Crippen LogP contribution in [0.2, 0.25) is 0 Å². The molecule has 0 aliphatic heterocycles. The first-order chi connectivity index (χ1) is 8.29. The Labute approximate surface area is 101 Å². The van der Waals surface area contributed by atoms with Gasteiger partial charge < -0.3 is 10.5 Å². The Bertz CT molecular complexity index is 479. The Morgan fingerprint density at radius 3 is 2.88 bits per heavy atom. The number of rotatable bonds is 5. The third-order valence-corrected chi connectivity index (χ3v) is 2.58. The van der Waals surface area contributed by atoms with E-state index in [-0.39, 0.29) is 0 Å². The van der Waals surface area contributed by atoms with Gasteiger partial charge in [-0.3, -0.25) is 4.68 Å². The highest BCUT2D eigenvalue weighted by atomic mass is 16.5. The second-order valence-corrected chi connectivity index (χ2v) is 3.85. The van der Waals surface area contributed by atoms with E-state index in [9.17, 15) is 0 Å². The summed E-state index contributed by atoms with van der Waals surface area (Å²) in [6.45, 7) is 3.42. The van der Waals surface area contributed by atoms with Gasteiger partial charge in [0.05, 0.1) is 18.4 Å². The molecule has 0 radical (unpaired) electrons. The van der Waals surface area contributed by atoms with Crippen LogP contribution in [-0.2, 0) is 13.0 Å². The van der Waals surface area contributed by atoms with E-state index in [2.05, 4.69) is 18.1 Å². The van der Waals surface area contributed by atoms with Crippen LogP contribution in [0.1, 0.15) is 12.5 Å². The van der Waals surface area contributed by atoms with E-state index >= 15 is 0 Å². The molecule has 0 saturated heterocycles. The van der Waals surface area contributed by atoms with Crippen LogP contribution in [0.15, 0.2) is 36.7 Å². The van der Waals surface area contributed by atoms with E-state index in [4.69, 9.17) is 10.5 Å². The van der Waals surface area contributed by atoms with Gasteiger partial charge in [-0.2, -0.15) is 5.10 Å². The van der Waals surface area contributed by atoms with Crippen molar-refractivity contribution in [2.24, 2.45) is 0 Å². The number of benzene rings is 1. The lowest BCUT2D eigenvalue weighted by atomic mass is 10.1. The molecule has 2 rings (SSSR count). The van der Waals surface area contributed by atoms with E-state index in [1.807, 2.05) is 18.2 Å². The third-order valence-electron chi connectivity index (χ3n) is 2.58. The maximum atomic E-state index is 5.74. The van der Waals surface area contributed by atoms with Crippen molar-refractivity contribution in [3.8, 4) is 5.75 Å². The maximum Gasteiger partial charge on any atom is 0.122 e. The number of aryl methyl sites for hydroxylation is 1. The topological polar surface area (TPSA) is 53.1 Å². The first kappa shape index (κ1) is 11.5. The van der Waals surface area contributed by atoms with Gasteiger partial charge in [-0.05, 0) is 18.1 Å². The fourth-order valence-electron chi connectivity index (χ4n) is 1.69. The second-order valence-electron chi connectivity index (χ2n) is 3.85. The molecule has 2 N–H and O–H groups in total. The molecule has 4 heteroatoms. The van der Waals surface area contributed by atoms with Gasteiger partial charge in [-0.25, -0.2) is 0 Å². The van der Waals surface area contributed by atoms with Gasteiger partial charge >= 0.3 is 0 Å². The van der Waals surface area contributed by atoms with Crippen LogP contribution in [0.5, 0.6) is 5.75 Å². The molecular formula is C13H17N3O. The molecule has 4 nitrogen and oxygen atoms in total. The summed E-state index contributed by atoms with van der Waals surface area (Å²) in [6, 6.07) is 8.10. The second kappa shape index (κ2) is 5.39. The van der Waals surface area contributed by atoms with E-state index in [0.29, 0.717) is 18.8 Å². The summed E-state index contributed by atoms with van der Waals surface area (Å²) in [6.07, 6.45) is 4.42. The minimum Gasteiger partial charge on any atom is -0.491 e. The fraction of sp³-hybridized carbons (Fsp3) is 0.308. The van der Waals surface area contributed by atoms with Crippen LogP contribution in [0, 0.1) is 0 Å². The summed E-state index contributed by atoms with van der Waals surface area (Å²) in [5.41, 5.74) is 7.49. The summed E-state index contributed by atoms with van der Waals surface area (Å²) in [5.74, 6) is 0.954. The SMILES string of the molecule is CCc1ccccc1OCCn1cc(N)cn1. The van der Waals surface area contributed by atoms with Gasteiger partial charge in [0.15, 0.2) is 0 Å². The van der Waals surface area contributed by atoms with Crippen molar-refractivity contribution in [2.75, 3.05) is 12.3 Å². The molecule has 1 aromatic carbocycles. The number of para-hydroxylation sites is 1. The van der Waals surface area contributed by atoms with Crippen molar-refractivity contribution >= 4 is 5.69 Å². The lowest BCUT2D eigenvalue weighted by molar-refractivity contribution is 0.289. The smallest absolute Gasteiger partial charge is 0.122 e. The molecule has 0 saturated carbocycles. The van der Waals surface area contributed by atoms with Crippen molar-refractivity contribution in [3.05, 3.63) is 42.2 Å². The summed E-state index contributed by atoms with van der Waals surface area (Å²) >= 11 is 0. The zero-order chi connectivity index (χ0) is 12.1. The zero-order valence-electron chi connectivity index (χ0n) is 9.97. The molecule has 0 aliphatic carbocycles. The highest BCUT2D eigenvalue weighted by molar-refractivity contribution is 5.33. The van der Waals surface area contributed by atoms with Crippen LogP contribution in [0.4, 0.5) is 5.69 Å². The summed E-state index contributed by atoms with van der Waals surface area (Å²) < 4.78 is 7.52. The van der Waals surface area contributed by atoms with Gasteiger partial charge in [-0.1, -0.05) is 25.1 Å².